The maximum Gasteiger partial charge on any atom is 0.269 e. The van der Waals surface area contributed by atoms with Crippen LogP contribution in [-0.2, 0) is 22.0 Å². The maximum absolute atomic E-state index is 12.9. The summed E-state index contributed by atoms with van der Waals surface area (Å²) in [4.78, 5) is 23.8. The molecule has 0 amide bonds. The first-order valence-corrected chi connectivity index (χ1v) is 20.1. The molecule has 4 aliphatic rings. The van der Waals surface area contributed by atoms with Gasteiger partial charge < -0.3 is 0 Å². The lowest BCUT2D eigenvalue weighted by molar-refractivity contribution is -0.385. The molecule has 0 bridgehead atoms. The summed E-state index contributed by atoms with van der Waals surface area (Å²) in [5.41, 5.74) is 1.97. The van der Waals surface area contributed by atoms with Gasteiger partial charge in [-0.3, -0.25) is 20.2 Å². The molecule has 2 fully saturated rings. The summed E-state index contributed by atoms with van der Waals surface area (Å²) < 4.78 is 28.9. The Morgan fingerprint density at radius 2 is 1.02 bits per heavy atom. The van der Waals surface area contributed by atoms with Crippen molar-refractivity contribution < 1.29 is 18.3 Å². The van der Waals surface area contributed by atoms with Crippen LogP contribution >= 0.6 is 23.5 Å². The van der Waals surface area contributed by atoms with E-state index in [1.165, 1.54) is 25.7 Å². The van der Waals surface area contributed by atoms with Crippen LogP contribution in [0.3, 0.4) is 0 Å². The molecule has 2 saturated carbocycles. The molecule has 14 heteroatoms. The van der Waals surface area contributed by atoms with E-state index in [1.54, 1.807) is 47.8 Å². The monoisotopic (exact) mass is 732 g/mol. The lowest BCUT2D eigenvalue weighted by Gasteiger charge is -2.31. The second kappa shape index (κ2) is 14.9. The Hall–Kier alpha value is -2.36. The minimum Gasteiger partial charge on any atom is -0.258 e. The molecule has 10 nitrogen and oxygen atoms in total. The smallest absolute Gasteiger partial charge is 0.258 e. The highest BCUT2D eigenvalue weighted by Gasteiger charge is 2.37. The number of nitrogens with zero attached hydrogens (tertiary/aromatic N) is 4. The van der Waals surface area contributed by atoms with Crippen LogP contribution in [0, 0.1) is 20.2 Å². The third-order valence-corrected chi connectivity index (χ3v) is 14.5. The molecule has 6 rings (SSSR count). The number of nitro groups is 2. The van der Waals surface area contributed by atoms with Gasteiger partial charge in [0.1, 0.15) is 22.0 Å². The van der Waals surface area contributed by atoms with Gasteiger partial charge in [0.25, 0.3) is 11.4 Å². The van der Waals surface area contributed by atoms with Crippen LogP contribution < -0.4 is 0 Å². The number of nitro benzene ring substituents is 2. The first kappa shape index (κ1) is 36.9. The third-order valence-electron chi connectivity index (χ3n) is 7.98. The molecule has 260 valence electrons. The van der Waals surface area contributed by atoms with E-state index >= 15 is 0 Å². The fraction of sp³-hybridized carbons (Fsp3) is 0.529. The van der Waals surface area contributed by atoms with Gasteiger partial charge in [-0.25, -0.2) is 17.0 Å². The molecule has 0 spiro atoms. The van der Waals surface area contributed by atoms with Crippen LogP contribution in [0.1, 0.15) is 90.4 Å². The van der Waals surface area contributed by atoms with E-state index in [4.69, 9.17) is 0 Å². The number of benzene rings is 2. The number of hydrogen-bond donors (Lipinski definition) is 0. The van der Waals surface area contributed by atoms with Gasteiger partial charge in [-0.1, -0.05) is 24.3 Å². The SMILES string of the molecule is CC(C)(C)[S@](=O)N1CC=C[C@@H]1c1cc([N+](=O)[O-])ccc1SC1CC1.CC(C)(C)[S@](=O)N1CC=C[C@H]1c1cc([N+](=O)[O-])ccc1SC1CC1. The van der Waals surface area contributed by atoms with Gasteiger partial charge in [0.15, 0.2) is 0 Å². The van der Waals surface area contributed by atoms with E-state index in [1.807, 2.05) is 86.6 Å². The van der Waals surface area contributed by atoms with E-state index in [0.29, 0.717) is 23.6 Å². The number of non-ortho nitro benzene ring substituents is 2. The molecular weight excluding hydrogens is 689 g/mol. The van der Waals surface area contributed by atoms with Crippen LogP contribution in [0.2, 0.25) is 0 Å². The quantitative estimate of drug-likeness (QED) is 0.135. The van der Waals surface area contributed by atoms with Crippen molar-refractivity contribution in [1.29, 1.82) is 0 Å². The lowest BCUT2D eigenvalue weighted by Crippen LogP contribution is -2.37. The number of hydrogen-bond acceptors (Lipinski definition) is 8. The summed E-state index contributed by atoms with van der Waals surface area (Å²) >= 11 is 3.57. The molecule has 2 heterocycles. The zero-order valence-corrected chi connectivity index (χ0v) is 31.5. The summed E-state index contributed by atoms with van der Waals surface area (Å²) in [6, 6.07) is 9.78. The largest absolute Gasteiger partial charge is 0.269 e. The highest BCUT2D eigenvalue weighted by atomic mass is 32.2. The van der Waals surface area contributed by atoms with Gasteiger partial charge in [0.05, 0.1) is 31.4 Å². The summed E-state index contributed by atoms with van der Waals surface area (Å²) in [5, 5.41) is 23.6. The van der Waals surface area contributed by atoms with Crippen LogP contribution in [0.15, 0.2) is 70.5 Å². The first-order valence-electron chi connectivity index (χ1n) is 16.1. The van der Waals surface area contributed by atoms with E-state index < -0.39 is 22.0 Å². The molecule has 2 aromatic carbocycles. The fourth-order valence-corrected chi connectivity index (χ4v) is 10.3. The van der Waals surface area contributed by atoms with Crippen molar-refractivity contribution in [3.05, 3.63) is 92.1 Å². The third kappa shape index (κ3) is 9.05. The zero-order valence-electron chi connectivity index (χ0n) is 28.2. The minimum absolute atomic E-state index is 0.0898. The van der Waals surface area contributed by atoms with Crippen molar-refractivity contribution in [2.75, 3.05) is 13.1 Å². The number of thioether (sulfide) groups is 2. The van der Waals surface area contributed by atoms with Gasteiger partial charge >= 0.3 is 0 Å². The van der Waals surface area contributed by atoms with Crippen molar-refractivity contribution in [2.45, 2.75) is 109 Å². The van der Waals surface area contributed by atoms with E-state index in [2.05, 4.69) is 0 Å². The molecule has 2 aliphatic heterocycles. The maximum atomic E-state index is 12.9. The average Bonchev–Trinajstić information content (AvgIpc) is 3.91. The minimum atomic E-state index is -1.17. The first-order chi connectivity index (χ1) is 22.5. The Kier molecular flexibility index (Phi) is 11.4. The van der Waals surface area contributed by atoms with Gasteiger partial charge in [0, 0.05) is 57.6 Å². The Labute approximate surface area is 296 Å². The Morgan fingerprint density at radius 3 is 1.31 bits per heavy atom. The predicted molar refractivity (Wildman–Crippen MR) is 197 cm³/mol. The normalized spacial score (nSPS) is 22.7. The lowest BCUT2D eigenvalue weighted by atomic mass is 10.1. The van der Waals surface area contributed by atoms with Crippen molar-refractivity contribution in [3.63, 3.8) is 0 Å². The highest BCUT2D eigenvalue weighted by molar-refractivity contribution is 8.00. The summed E-state index contributed by atoms with van der Waals surface area (Å²) in [6.45, 7) is 12.9. The Balaban J connectivity index is 0.000000188. The van der Waals surface area contributed by atoms with Gasteiger partial charge in [-0.05, 0) is 90.5 Å². The molecule has 2 aliphatic carbocycles. The van der Waals surface area contributed by atoms with Crippen LogP contribution in [0.25, 0.3) is 0 Å². The topological polar surface area (TPSA) is 127 Å². The van der Waals surface area contributed by atoms with Crippen molar-refractivity contribution in [3.8, 4) is 0 Å². The number of rotatable bonds is 10. The average molecular weight is 733 g/mol. The second-order valence-corrected chi connectivity index (χ2v) is 21.3. The van der Waals surface area contributed by atoms with Gasteiger partial charge in [0.2, 0.25) is 0 Å². The molecule has 0 radical (unpaired) electrons. The van der Waals surface area contributed by atoms with Crippen LogP contribution in [-0.4, -0.2) is 60.0 Å². The fourth-order valence-electron chi connectivity index (χ4n) is 5.28. The van der Waals surface area contributed by atoms with Crippen LogP contribution in [0.4, 0.5) is 11.4 Å². The van der Waals surface area contributed by atoms with Crippen molar-refractivity contribution in [1.82, 2.24) is 8.61 Å². The van der Waals surface area contributed by atoms with Gasteiger partial charge in [-0.15, -0.1) is 23.5 Å². The molecule has 2 aromatic rings. The molecular formula is C34H44N4O6S4. The van der Waals surface area contributed by atoms with Crippen LogP contribution in [0.5, 0.6) is 0 Å². The van der Waals surface area contributed by atoms with Gasteiger partial charge in [-0.2, -0.15) is 0 Å². The Morgan fingerprint density at radius 1 is 0.667 bits per heavy atom. The van der Waals surface area contributed by atoms with Crippen molar-refractivity contribution in [2.24, 2.45) is 0 Å². The molecule has 0 unspecified atom stereocenters. The van der Waals surface area contributed by atoms with Crippen molar-refractivity contribution >= 4 is 56.9 Å². The van der Waals surface area contributed by atoms with E-state index in [9.17, 15) is 28.6 Å². The molecule has 0 aromatic heterocycles. The highest BCUT2D eigenvalue weighted by Crippen LogP contribution is 2.46. The van der Waals surface area contributed by atoms with E-state index in [-0.39, 0.29) is 42.8 Å². The molecule has 0 N–H and O–H groups in total. The summed E-state index contributed by atoms with van der Waals surface area (Å²) in [7, 11) is -2.35. The summed E-state index contributed by atoms with van der Waals surface area (Å²) in [6.07, 6.45) is 12.8. The molecule has 0 saturated heterocycles. The standard InChI is InChI=1S/2C17H22N2O3S2/c2*1-17(2,3)24(22)18-10-4-5-15(18)14-11-12(19(20)21)6-9-16(14)23-13-7-8-13/h2*4-6,9,11,13,15H,7-8,10H2,1-3H3/t15-,24+;15-,24-/m10/s1. The van der Waals surface area contributed by atoms with E-state index in [0.717, 1.165) is 20.9 Å². The molecule has 48 heavy (non-hydrogen) atoms. The molecule has 4 atom stereocenters. The predicted octanol–water partition coefficient (Wildman–Crippen LogP) is 8.45. The Bertz CT molecular complexity index is 1540. The summed E-state index contributed by atoms with van der Waals surface area (Å²) in [5.74, 6) is 0. The second-order valence-electron chi connectivity index (χ2n) is 14.3. The zero-order chi connectivity index (χ0) is 35.0.